The molecule has 2 aromatic rings. The van der Waals surface area contributed by atoms with Crippen molar-refractivity contribution < 1.29 is 4.79 Å². The van der Waals surface area contributed by atoms with Crippen LogP contribution in [0.15, 0.2) is 30.3 Å². The van der Waals surface area contributed by atoms with Crippen LogP contribution in [0, 0.1) is 6.92 Å². The molecule has 0 saturated heterocycles. The zero-order valence-electron chi connectivity index (χ0n) is 11.2. The maximum absolute atomic E-state index is 11.4. The lowest BCUT2D eigenvalue weighted by molar-refractivity contribution is -0.115. The summed E-state index contributed by atoms with van der Waals surface area (Å²) < 4.78 is 0. The number of hydrogen-bond acceptors (Lipinski definition) is 1. The summed E-state index contributed by atoms with van der Waals surface area (Å²) in [6.45, 7) is 1.94. The summed E-state index contributed by atoms with van der Waals surface area (Å²) in [6.07, 6.45) is 0.359. The van der Waals surface area contributed by atoms with E-state index in [1.54, 1.807) is 6.07 Å². The van der Waals surface area contributed by atoms with Crippen molar-refractivity contribution in [2.75, 3.05) is 5.32 Å². The molecular formula is C16H12Cl3NO. The summed E-state index contributed by atoms with van der Waals surface area (Å²) in [4.78, 5) is 11.4. The van der Waals surface area contributed by atoms with E-state index in [0.717, 1.165) is 27.9 Å². The number of amides is 1. The zero-order chi connectivity index (χ0) is 15.1. The van der Waals surface area contributed by atoms with Crippen molar-refractivity contribution >= 4 is 46.4 Å². The van der Waals surface area contributed by atoms with Crippen LogP contribution < -0.4 is 5.32 Å². The first-order valence-corrected chi connectivity index (χ1v) is 7.67. The van der Waals surface area contributed by atoms with Gasteiger partial charge in [0.15, 0.2) is 0 Å². The molecule has 0 bridgehead atoms. The fourth-order valence-corrected chi connectivity index (χ4v) is 3.24. The summed E-state index contributed by atoms with van der Waals surface area (Å²) in [7, 11) is 0. The average Bonchev–Trinajstić information content (AvgIpc) is 2.79. The van der Waals surface area contributed by atoms with Gasteiger partial charge in [-0.15, -0.1) is 11.6 Å². The molecule has 3 rings (SSSR count). The summed E-state index contributed by atoms with van der Waals surface area (Å²) in [5.74, 6) is -0.0253. The first kappa shape index (κ1) is 14.7. The van der Waals surface area contributed by atoms with Gasteiger partial charge >= 0.3 is 0 Å². The molecule has 1 atom stereocenters. The molecule has 0 spiro atoms. The summed E-state index contributed by atoms with van der Waals surface area (Å²) >= 11 is 19.0. The molecule has 1 aliphatic heterocycles. The Morgan fingerprint density at radius 3 is 2.62 bits per heavy atom. The Kier molecular flexibility index (Phi) is 3.87. The number of alkyl halides is 1. The highest BCUT2D eigenvalue weighted by Gasteiger charge is 2.23. The molecule has 0 fully saturated rings. The third kappa shape index (κ3) is 2.76. The van der Waals surface area contributed by atoms with Gasteiger partial charge in [0.1, 0.15) is 0 Å². The Balaban J connectivity index is 2.02. The number of nitrogens with one attached hydrogen (secondary N) is 1. The second-order valence-corrected chi connectivity index (χ2v) is 6.38. The minimum Gasteiger partial charge on any atom is -0.325 e. The molecule has 2 nitrogen and oxygen atoms in total. The fraction of sp³-hybridized carbons (Fsp3) is 0.188. The Hall–Kier alpha value is -1.22. The van der Waals surface area contributed by atoms with E-state index >= 15 is 0 Å². The van der Waals surface area contributed by atoms with Crippen LogP contribution in [0.1, 0.15) is 27.6 Å². The smallest absolute Gasteiger partial charge is 0.228 e. The molecule has 0 aromatic heterocycles. The van der Waals surface area contributed by atoms with Crippen LogP contribution >= 0.6 is 34.8 Å². The highest BCUT2D eigenvalue weighted by atomic mass is 35.5. The number of carbonyl (C=O) groups excluding carboxylic acids is 1. The molecule has 1 N–H and O–H groups in total. The lowest BCUT2D eigenvalue weighted by Gasteiger charge is -2.15. The van der Waals surface area contributed by atoms with Crippen molar-refractivity contribution in [2.45, 2.75) is 18.7 Å². The number of fused-ring (bicyclic) bond motifs is 1. The maximum Gasteiger partial charge on any atom is 0.228 e. The van der Waals surface area contributed by atoms with E-state index in [0.29, 0.717) is 16.5 Å². The first-order valence-electron chi connectivity index (χ1n) is 6.48. The largest absolute Gasteiger partial charge is 0.325 e. The van der Waals surface area contributed by atoms with E-state index < -0.39 is 5.38 Å². The standard InChI is InChI=1S/C16H12Cl3NO/c1-8-2-3-9(5-12(8)17)16(19)11-4-10-6-15(21)20-14(10)7-13(11)18/h2-5,7,16H,6H2,1H3,(H,20,21). The van der Waals surface area contributed by atoms with Gasteiger partial charge in [-0.05, 0) is 47.4 Å². The van der Waals surface area contributed by atoms with Crippen LogP contribution in [-0.4, -0.2) is 5.91 Å². The Bertz CT molecular complexity index is 743. The van der Waals surface area contributed by atoms with Crippen molar-refractivity contribution in [3.05, 3.63) is 62.6 Å². The number of benzene rings is 2. The van der Waals surface area contributed by atoms with Crippen molar-refractivity contribution in [3.8, 4) is 0 Å². The van der Waals surface area contributed by atoms with Crippen molar-refractivity contribution in [1.29, 1.82) is 0 Å². The maximum atomic E-state index is 11.4. The van der Waals surface area contributed by atoms with Gasteiger partial charge in [0.25, 0.3) is 0 Å². The molecule has 0 saturated carbocycles. The molecular weight excluding hydrogens is 329 g/mol. The third-order valence-electron chi connectivity index (χ3n) is 3.61. The van der Waals surface area contributed by atoms with Crippen LogP contribution in [0.3, 0.4) is 0 Å². The summed E-state index contributed by atoms with van der Waals surface area (Å²) in [6, 6.07) is 9.36. The number of hydrogen-bond donors (Lipinski definition) is 1. The minimum absolute atomic E-state index is 0.0253. The molecule has 5 heteroatoms. The molecule has 21 heavy (non-hydrogen) atoms. The molecule has 108 valence electrons. The predicted octanol–water partition coefficient (Wildman–Crippen LogP) is 5.12. The van der Waals surface area contributed by atoms with Crippen molar-refractivity contribution in [3.63, 3.8) is 0 Å². The van der Waals surface area contributed by atoms with Gasteiger partial charge in [-0.25, -0.2) is 0 Å². The predicted molar refractivity (Wildman–Crippen MR) is 87.7 cm³/mol. The SMILES string of the molecule is Cc1ccc(C(Cl)c2cc3c(cc2Cl)NC(=O)C3)cc1Cl. The van der Waals surface area contributed by atoms with Gasteiger partial charge in [0, 0.05) is 15.7 Å². The minimum atomic E-state index is -0.406. The van der Waals surface area contributed by atoms with E-state index in [2.05, 4.69) is 5.32 Å². The number of aryl methyl sites for hydroxylation is 1. The van der Waals surface area contributed by atoms with Gasteiger partial charge in [-0.2, -0.15) is 0 Å². The quantitative estimate of drug-likeness (QED) is 0.755. The topological polar surface area (TPSA) is 29.1 Å². The molecule has 1 aliphatic rings. The Morgan fingerprint density at radius 1 is 1.14 bits per heavy atom. The molecule has 1 amide bonds. The lowest BCUT2D eigenvalue weighted by Crippen LogP contribution is -2.03. The summed E-state index contributed by atoms with van der Waals surface area (Å²) in [5, 5.41) is 3.58. The molecule has 1 unspecified atom stereocenters. The second-order valence-electron chi connectivity index (χ2n) is 5.13. The fourth-order valence-electron chi connectivity index (χ4n) is 2.41. The van der Waals surface area contributed by atoms with Gasteiger partial charge in [-0.3, -0.25) is 4.79 Å². The number of rotatable bonds is 2. The number of carbonyl (C=O) groups is 1. The van der Waals surface area contributed by atoms with E-state index in [1.807, 2.05) is 31.2 Å². The van der Waals surface area contributed by atoms with Gasteiger partial charge in [0.05, 0.1) is 11.8 Å². The zero-order valence-corrected chi connectivity index (χ0v) is 13.5. The van der Waals surface area contributed by atoms with Crippen molar-refractivity contribution in [2.24, 2.45) is 0 Å². The second kappa shape index (κ2) is 5.53. The van der Waals surface area contributed by atoms with Crippen LogP contribution in [0.2, 0.25) is 10.0 Å². The molecule has 0 radical (unpaired) electrons. The molecule has 1 heterocycles. The average molecular weight is 341 g/mol. The van der Waals surface area contributed by atoms with Crippen molar-refractivity contribution in [1.82, 2.24) is 0 Å². The first-order chi connectivity index (χ1) is 9.95. The number of halogens is 3. The molecule has 2 aromatic carbocycles. The van der Waals surface area contributed by atoms with Crippen LogP contribution in [0.4, 0.5) is 5.69 Å². The van der Waals surface area contributed by atoms with E-state index in [4.69, 9.17) is 34.8 Å². The van der Waals surface area contributed by atoms with Gasteiger partial charge in [-0.1, -0.05) is 35.3 Å². The highest BCUT2D eigenvalue weighted by molar-refractivity contribution is 6.34. The van der Waals surface area contributed by atoms with E-state index in [1.165, 1.54) is 0 Å². The number of anilines is 1. The van der Waals surface area contributed by atoms with Crippen LogP contribution in [0.5, 0.6) is 0 Å². The van der Waals surface area contributed by atoms with Crippen LogP contribution in [0.25, 0.3) is 0 Å². The van der Waals surface area contributed by atoms with E-state index in [9.17, 15) is 4.79 Å². The lowest BCUT2D eigenvalue weighted by atomic mass is 10.00. The van der Waals surface area contributed by atoms with Gasteiger partial charge in [0.2, 0.25) is 5.91 Å². The normalized spacial score (nSPS) is 14.8. The Morgan fingerprint density at radius 2 is 1.90 bits per heavy atom. The monoisotopic (exact) mass is 339 g/mol. The molecule has 0 aliphatic carbocycles. The van der Waals surface area contributed by atoms with Gasteiger partial charge < -0.3 is 5.32 Å². The third-order valence-corrected chi connectivity index (χ3v) is 4.83. The van der Waals surface area contributed by atoms with E-state index in [-0.39, 0.29) is 5.91 Å². The van der Waals surface area contributed by atoms with Crippen LogP contribution in [-0.2, 0) is 11.2 Å². The Labute approximate surface area is 138 Å². The highest BCUT2D eigenvalue weighted by Crippen LogP contribution is 2.39. The summed E-state index contributed by atoms with van der Waals surface area (Å²) in [5.41, 5.74) is 4.35.